The number of halogens is 1. The minimum Gasteiger partial charge on any atom is -0.479 e. The van der Waals surface area contributed by atoms with Gasteiger partial charge in [0.15, 0.2) is 6.10 Å². The fraction of sp³-hybridized carbons (Fsp3) is 0.167. The van der Waals surface area contributed by atoms with E-state index in [0.717, 1.165) is 16.6 Å². The number of ether oxygens (including phenoxy) is 1. The highest BCUT2D eigenvalue weighted by Crippen LogP contribution is 2.25. The summed E-state index contributed by atoms with van der Waals surface area (Å²) in [7, 11) is 1.85. The molecule has 0 fully saturated rings. The summed E-state index contributed by atoms with van der Waals surface area (Å²) < 4.78 is 5.32. The lowest BCUT2D eigenvalue weighted by molar-refractivity contribution is -0.144. The molecule has 0 saturated carbocycles. The zero-order chi connectivity index (χ0) is 18.0. The molecule has 6 nitrogen and oxygen atoms in total. The summed E-state index contributed by atoms with van der Waals surface area (Å²) in [5, 5.41) is 10.4. The van der Waals surface area contributed by atoms with Crippen LogP contribution in [0.15, 0.2) is 48.7 Å². The molecule has 0 spiro atoms. The second-order valence-electron chi connectivity index (χ2n) is 5.52. The van der Waals surface area contributed by atoms with Crippen LogP contribution in [0, 0.1) is 0 Å². The first-order chi connectivity index (χ1) is 11.9. The Hall–Kier alpha value is -2.86. The van der Waals surface area contributed by atoms with E-state index < -0.39 is 12.1 Å². The Labute approximate surface area is 149 Å². The number of nitrogens with zero attached hydrogens (tertiary/aromatic N) is 3. The predicted octanol–water partition coefficient (Wildman–Crippen LogP) is 3.90. The summed E-state index contributed by atoms with van der Waals surface area (Å²) in [5.41, 5.74) is 1.65. The Kier molecular flexibility index (Phi) is 4.72. The molecule has 0 aliphatic carbocycles. The second kappa shape index (κ2) is 6.94. The van der Waals surface area contributed by atoms with Gasteiger partial charge in [-0.15, -0.1) is 0 Å². The molecule has 0 aliphatic rings. The first-order valence-corrected chi connectivity index (χ1v) is 7.97. The average molecular weight is 358 g/mol. The zero-order valence-electron chi connectivity index (χ0n) is 13.7. The summed E-state index contributed by atoms with van der Waals surface area (Å²) in [6, 6.07) is 12.5. The van der Waals surface area contributed by atoms with Crippen LogP contribution >= 0.6 is 11.6 Å². The molecule has 0 aliphatic heterocycles. The van der Waals surface area contributed by atoms with Crippen molar-refractivity contribution in [3.05, 3.63) is 53.7 Å². The number of hydrogen-bond donors (Lipinski definition) is 1. The normalized spacial score (nSPS) is 12.0. The van der Waals surface area contributed by atoms with Gasteiger partial charge in [0.2, 0.25) is 5.95 Å². The highest BCUT2D eigenvalue weighted by molar-refractivity contribution is 6.31. The molecule has 128 valence electrons. The van der Waals surface area contributed by atoms with Crippen LogP contribution in [0.25, 0.3) is 10.9 Å². The number of rotatable bonds is 5. The van der Waals surface area contributed by atoms with Gasteiger partial charge >= 0.3 is 5.97 Å². The zero-order valence-corrected chi connectivity index (χ0v) is 14.4. The summed E-state index contributed by atoms with van der Waals surface area (Å²) >= 11 is 5.97. The van der Waals surface area contributed by atoms with E-state index >= 15 is 0 Å². The Balaban J connectivity index is 1.81. The fourth-order valence-corrected chi connectivity index (χ4v) is 2.45. The standard InChI is InChI=1S/C18H16ClN3O3/c1-11(17(23)24)25-15-6-4-14(5-7-15)22(2)18-20-10-12-9-13(19)3-8-16(12)21-18/h3-11H,1-2H3,(H,23,24). The van der Waals surface area contributed by atoms with Crippen LogP contribution in [0.4, 0.5) is 11.6 Å². The molecule has 7 heteroatoms. The van der Waals surface area contributed by atoms with Crippen molar-refractivity contribution in [1.82, 2.24) is 9.97 Å². The third-order valence-corrected chi connectivity index (χ3v) is 3.95. The molecule has 0 amide bonds. The van der Waals surface area contributed by atoms with E-state index in [-0.39, 0.29) is 0 Å². The number of hydrogen-bond acceptors (Lipinski definition) is 5. The topological polar surface area (TPSA) is 75.5 Å². The highest BCUT2D eigenvalue weighted by Gasteiger charge is 2.13. The molecular formula is C18H16ClN3O3. The molecule has 1 N–H and O–H groups in total. The molecule has 1 atom stereocenters. The predicted molar refractivity (Wildman–Crippen MR) is 96.8 cm³/mol. The van der Waals surface area contributed by atoms with E-state index in [4.69, 9.17) is 21.4 Å². The minimum absolute atomic E-state index is 0.487. The molecule has 3 aromatic rings. The van der Waals surface area contributed by atoms with Crippen molar-refractivity contribution >= 4 is 40.1 Å². The third kappa shape index (κ3) is 3.80. The lowest BCUT2D eigenvalue weighted by Gasteiger charge is -2.18. The first kappa shape index (κ1) is 17.0. The summed E-state index contributed by atoms with van der Waals surface area (Å²) in [6.07, 6.45) is 0.825. The van der Waals surface area contributed by atoms with E-state index in [2.05, 4.69) is 9.97 Å². The Morgan fingerprint density at radius 3 is 2.64 bits per heavy atom. The summed E-state index contributed by atoms with van der Waals surface area (Å²) in [5.74, 6) is 0.0226. The van der Waals surface area contributed by atoms with Gasteiger partial charge in [-0.25, -0.2) is 14.8 Å². The lowest BCUT2D eigenvalue weighted by Crippen LogP contribution is -2.22. The monoisotopic (exact) mass is 357 g/mol. The molecule has 1 heterocycles. The molecule has 1 unspecified atom stereocenters. The maximum Gasteiger partial charge on any atom is 0.344 e. The van der Waals surface area contributed by atoms with Crippen LogP contribution in [0.1, 0.15) is 6.92 Å². The van der Waals surface area contributed by atoms with Crippen LogP contribution in [0.3, 0.4) is 0 Å². The molecule has 25 heavy (non-hydrogen) atoms. The van der Waals surface area contributed by atoms with Crippen LogP contribution in [-0.2, 0) is 4.79 Å². The molecule has 0 saturated heterocycles. The van der Waals surface area contributed by atoms with Gasteiger partial charge in [-0.3, -0.25) is 0 Å². The van der Waals surface area contributed by atoms with Gasteiger partial charge in [-0.2, -0.15) is 0 Å². The van der Waals surface area contributed by atoms with E-state index in [1.807, 2.05) is 36.2 Å². The maximum atomic E-state index is 10.8. The molecule has 0 radical (unpaired) electrons. The Morgan fingerprint density at radius 1 is 1.24 bits per heavy atom. The average Bonchev–Trinajstić information content (AvgIpc) is 2.61. The minimum atomic E-state index is -1.01. The smallest absolute Gasteiger partial charge is 0.344 e. The number of carbonyl (C=O) groups is 1. The largest absolute Gasteiger partial charge is 0.479 e. The Morgan fingerprint density at radius 2 is 1.96 bits per heavy atom. The fourth-order valence-electron chi connectivity index (χ4n) is 2.27. The van der Waals surface area contributed by atoms with Crippen LogP contribution in [0.5, 0.6) is 5.75 Å². The number of carboxylic acid groups (broad SMARTS) is 1. The number of fused-ring (bicyclic) bond motifs is 1. The first-order valence-electron chi connectivity index (χ1n) is 7.59. The van der Waals surface area contributed by atoms with Crippen LogP contribution < -0.4 is 9.64 Å². The van der Waals surface area contributed by atoms with Gasteiger partial charge in [-0.1, -0.05) is 11.6 Å². The number of benzene rings is 2. The van der Waals surface area contributed by atoms with Crippen molar-refractivity contribution in [2.75, 3.05) is 11.9 Å². The molecule has 2 aromatic carbocycles. The van der Waals surface area contributed by atoms with Crippen LogP contribution in [-0.4, -0.2) is 34.2 Å². The van der Waals surface area contributed by atoms with Gasteiger partial charge in [0.25, 0.3) is 0 Å². The third-order valence-electron chi connectivity index (χ3n) is 3.71. The molecule has 1 aromatic heterocycles. The summed E-state index contributed by atoms with van der Waals surface area (Å²) in [6.45, 7) is 1.48. The molecule has 0 bridgehead atoms. The number of aromatic nitrogens is 2. The van der Waals surface area contributed by atoms with Gasteiger partial charge in [-0.05, 0) is 49.4 Å². The number of carboxylic acids is 1. The molecule has 3 rings (SSSR count). The SMILES string of the molecule is CC(Oc1ccc(N(C)c2ncc3cc(Cl)ccc3n2)cc1)C(=O)O. The molecular weight excluding hydrogens is 342 g/mol. The summed E-state index contributed by atoms with van der Waals surface area (Å²) in [4.78, 5) is 21.6. The van der Waals surface area contributed by atoms with E-state index in [1.165, 1.54) is 6.92 Å². The van der Waals surface area contributed by atoms with Crippen molar-refractivity contribution < 1.29 is 14.6 Å². The Bertz CT molecular complexity index is 915. The van der Waals surface area contributed by atoms with Gasteiger partial charge in [0.1, 0.15) is 5.75 Å². The maximum absolute atomic E-state index is 10.8. The van der Waals surface area contributed by atoms with E-state index in [0.29, 0.717) is 16.7 Å². The van der Waals surface area contributed by atoms with Crippen molar-refractivity contribution in [2.24, 2.45) is 0 Å². The van der Waals surface area contributed by atoms with Gasteiger partial charge in [0, 0.05) is 29.3 Å². The van der Waals surface area contributed by atoms with Crippen molar-refractivity contribution in [2.45, 2.75) is 13.0 Å². The van der Waals surface area contributed by atoms with Gasteiger partial charge in [0.05, 0.1) is 5.52 Å². The quantitative estimate of drug-likeness (QED) is 0.746. The van der Waals surface area contributed by atoms with E-state index in [9.17, 15) is 4.79 Å². The van der Waals surface area contributed by atoms with Crippen molar-refractivity contribution in [3.63, 3.8) is 0 Å². The highest BCUT2D eigenvalue weighted by atomic mass is 35.5. The van der Waals surface area contributed by atoms with Gasteiger partial charge < -0.3 is 14.7 Å². The second-order valence-corrected chi connectivity index (χ2v) is 5.96. The van der Waals surface area contributed by atoms with Crippen LogP contribution in [0.2, 0.25) is 5.02 Å². The van der Waals surface area contributed by atoms with E-state index in [1.54, 1.807) is 24.4 Å². The number of anilines is 2. The van der Waals surface area contributed by atoms with Crippen molar-refractivity contribution in [3.8, 4) is 5.75 Å². The van der Waals surface area contributed by atoms with Crippen molar-refractivity contribution in [1.29, 1.82) is 0 Å². The number of aliphatic carboxylic acids is 1. The lowest BCUT2D eigenvalue weighted by atomic mass is 10.2.